The van der Waals surface area contributed by atoms with Gasteiger partial charge in [-0.2, -0.15) is 0 Å². The van der Waals surface area contributed by atoms with Gasteiger partial charge in [0, 0.05) is 18.2 Å². The molecule has 2 aromatic rings. The van der Waals surface area contributed by atoms with Crippen molar-refractivity contribution in [3.8, 4) is 0 Å². The molecule has 2 aromatic carbocycles. The zero-order chi connectivity index (χ0) is 19.1. The first kappa shape index (κ1) is 19.7. The predicted molar refractivity (Wildman–Crippen MR) is 103 cm³/mol. The zero-order valence-corrected chi connectivity index (χ0v) is 15.9. The molecule has 138 valence electrons. The van der Waals surface area contributed by atoms with E-state index in [1.807, 2.05) is 37.4 Å². The van der Waals surface area contributed by atoms with Gasteiger partial charge in [-0.05, 0) is 11.5 Å². The fourth-order valence-electron chi connectivity index (χ4n) is 3.00. The van der Waals surface area contributed by atoms with Gasteiger partial charge in [-0.25, -0.2) is 4.79 Å². The van der Waals surface area contributed by atoms with E-state index in [2.05, 4.69) is 48.7 Å². The molecule has 2 rings (SSSR count). The van der Waals surface area contributed by atoms with E-state index in [-0.39, 0.29) is 5.91 Å². The fourth-order valence-corrected chi connectivity index (χ4v) is 3.00. The Labute approximate surface area is 155 Å². The molecule has 0 spiro atoms. The highest BCUT2D eigenvalue weighted by Crippen LogP contribution is 2.15. The summed E-state index contributed by atoms with van der Waals surface area (Å²) < 4.78 is 0. The summed E-state index contributed by atoms with van der Waals surface area (Å²) in [6.07, 6.45) is 0. The Hall–Kier alpha value is -2.66. The molecule has 0 aromatic heterocycles. The van der Waals surface area contributed by atoms with Crippen LogP contribution in [0.4, 0.5) is 4.79 Å². The van der Waals surface area contributed by atoms with Crippen molar-refractivity contribution in [2.75, 3.05) is 14.1 Å². The normalized spacial score (nSPS) is 13.1. The quantitative estimate of drug-likeness (QED) is 0.743. The second-order valence-electron chi connectivity index (χ2n) is 6.83. The van der Waals surface area contributed by atoms with Gasteiger partial charge in [0.15, 0.2) is 6.04 Å². The summed E-state index contributed by atoms with van der Waals surface area (Å²) in [6.45, 7) is 5.01. The molecule has 0 aliphatic heterocycles. The largest absolute Gasteiger partial charge is 0.341 e. The molecule has 0 aliphatic rings. The molecule has 5 nitrogen and oxygen atoms in total. The van der Waals surface area contributed by atoms with Crippen molar-refractivity contribution in [3.05, 3.63) is 71.3 Å². The molecule has 3 amide bonds. The van der Waals surface area contributed by atoms with E-state index in [0.717, 1.165) is 16.0 Å². The van der Waals surface area contributed by atoms with Gasteiger partial charge in [-0.3, -0.25) is 10.1 Å². The maximum atomic E-state index is 12.7. The Morgan fingerprint density at radius 1 is 0.962 bits per heavy atom. The Balaban J connectivity index is 2.21. The predicted octanol–water partition coefficient (Wildman–Crippen LogP) is 2.02. The Bertz CT molecular complexity index is 727. The third-order valence-corrected chi connectivity index (χ3v) is 4.48. The third kappa shape index (κ3) is 5.17. The zero-order valence-electron chi connectivity index (χ0n) is 15.9. The highest BCUT2D eigenvalue weighted by molar-refractivity contribution is 5.96. The Morgan fingerprint density at radius 2 is 1.58 bits per heavy atom. The van der Waals surface area contributed by atoms with Crippen LogP contribution in [0.3, 0.4) is 0 Å². The summed E-state index contributed by atoms with van der Waals surface area (Å²) in [7, 11) is 3.46. The van der Waals surface area contributed by atoms with Crippen LogP contribution in [0, 0.1) is 0 Å². The van der Waals surface area contributed by atoms with Gasteiger partial charge in [-0.15, -0.1) is 0 Å². The monoisotopic (exact) mass is 354 g/mol. The van der Waals surface area contributed by atoms with E-state index < -0.39 is 12.1 Å². The third-order valence-electron chi connectivity index (χ3n) is 4.48. The lowest BCUT2D eigenvalue weighted by atomic mass is 10.0. The first-order valence-corrected chi connectivity index (χ1v) is 8.91. The van der Waals surface area contributed by atoms with E-state index in [4.69, 9.17) is 0 Å². The molecule has 1 unspecified atom stereocenters. The summed E-state index contributed by atoms with van der Waals surface area (Å²) in [4.78, 5) is 25.3. The maximum Gasteiger partial charge on any atom is 0.321 e. The first-order valence-electron chi connectivity index (χ1n) is 8.91. The molecular weight excluding hydrogens is 326 g/mol. The number of urea groups is 1. The van der Waals surface area contributed by atoms with Crippen molar-refractivity contribution in [1.29, 1.82) is 0 Å². The van der Waals surface area contributed by atoms with Crippen molar-refractivity contribution in [1.82, 2.24) is 10.6 Å². The maximum absolute atomic E-state index is 12.7. The fraction of sp³-hybridized carbons (Fsp3) is 0.333. The van der Waals surface area contributed by atoms with Crippen molar-refractivity contribution in [3.63, 3.8) is 0 Å². The molecule has 5 heteroatoms. The number of imide groups is 1. The minimum atomic E-state index is -0.495. The van der Waals surface area contributed by atoms with Crippen LogP contribution in [0.1, 0.15) is 42.5 Å². The lowest BCUT2D eigenvalue weighted by molar-refractivity contribution is -0.916. The van der Waals surface area contributed by atoms with Crippen LogP contribution in [0.5, 0.6) is 0 Å². The highest BCUT2D eigenvalue weighted by Gasteiger charge is 2.30. The molecule has 0 aliphatic carbocycles. The number of carbonyl (C=O) groups excluding carboxylic acids is 2. The van der Waals surface area contributed by atoms with Crippen LogP contribution < -0.4 is 15.5 Å². The summed E-state index contributed by atoms with van der Waals surface area (Å²) >= 11 is 0. The molecule has 0 radical (unpaired) electrons. The van der Waals surface area contributed by atoms with E-state index in [1.165, 1.54) is 12.6 Å². The molecule has 0 saturated carbocycles. The highest BCUT2D eigenvalue weighted by atomic mass is 16.2. The SMILES string of the molecule is CNC(=O)NC(=O)[C@H](c1ccccc1)[NH+](C)Cc1ccc(C(C)C)cc1. The van der Waals surface area contributed by atoms with E-state index in [0.29, 0.717) is 12.5 Å². The van der Waals surface area contributed by atoms with Crippen molar-refractivity contribution >= 4 is 11.9 Å². The van der Waals surface area contributed by atoms with Crippen molar-refractivity contribution in [2.24, 2.45) is 0 Å². The molecule has 2 atom stereocenters. The molecule has 0 saturated heterocycles. The van der Waals surface area contributed by atoms with Gasteiger partial charge < -0.3 is 10.2 Å². The number of rotatable bonds is 6. The second kappa shape index (κ2) is 9.15. The van der Waals surface area contributed by atoms with Crippen LogP contribution in [-0.4, -0.2) is 26.0 Å². The minimum absolute atomic E-state index is 0.313. The van der Waals surface area contributed by atoms with Crippen LogP contribution >= 0.6 is 0 Å². The first-order chi connectivity index (χ1) is 12.4. The van der Waals surface area contributed by atoms with Crippen molar-refractivity contribution in [2.45, 2.75) is 32.4 Å². The molecular formula is C21H28N3O2+. The number of amides is 3. The van der Waals surface area contributed by atoms with Gasteiger partial charge in [0.25, 0.3) is 5.91 Å². The van der Waals surface area contributed by atoms with Gasteiger partial charge in [0.2, 0.25) is 0 Å². The average molecular weight is 354 g/mol. The summed E-state index contributed by atoms with van der Waals surface area (Å²) in [5.41, 5.74) is 3.33. The number of hydrogen-bond acceptors (Lipinski definition) is 2. The van der Waals surface area contributed by atoms with Gasteiger partial charge >= 0.3 is 6.03 Å². The molecule has 0 fully saturated rings. The molecule has 0 bridgehead atoms. The van der Waals surface area contributed by atoms with E-state index in [1.54, 1.807) is 0 Å². The number of benzene rings is 2. The number of quaternary nitrogens is 1. The topological polar surface area (TPSA) is 62.6 Å². The van der Waals surface area contributed by atoms with Crippen LogP contribution in [0.2, 0.25) is 0 Å². The van der Waals surface area contributed by atoms with E-state index >= 15 is 0 Å². The van der Waals surface area contributed by atoms with Crippen molar-refractivity contribution < 1.29 is 14.5 Å². The summed E-state index contributed by atoms with van der Waals surface area (Å²) in [5.74, 6) is 0.177. The standard InChI is InChI=1S/C21H27N3O2/c1-15(2)17-12-10-16(11-13-17)14-24(4)19(18-8-6-5-7-9-18)20(25)23-21(26)22-3/h5-13,15,19H,14H2,1-4H3,(H2,22,23,25,26)/p+1/t19-/m0/s1. The summed E-state index contributed by atoms with van der Waals surface area (Å²) in [6, 6.07) is 17.1. The lowest BCUT2D eigenvalue weighted by Gasteiger charge is -2.24. The number of likely N-dealkylation sites (N-methyl/N-ethyl adjacent to an activating group) is 1. The van der Waals surface area contributed by atoms with Crippen LogP contribution in [-0.2, 0) is 11.3 Å². The number of nitrogens with one attached hydrogen (secondary N) is 3. The van der Waals surface area contributed by atoms with Gasteiger partial charge in [0.05, 0.1) is 7.05 Å². The number of hydrogen-bond donors (Lipinski definition) is 3. The number of carbonyl (C=O) groups is 2. The van der Waals surface area contributed by atoms with E-state index in [9.17, 15) is 9.59 Å². The molecule has 3 N–H and O–H groups in total. The van der Waals surface area contributed by atoms with Gasteiger partial charge in [-0.1, -0.05) is 68.4 Å². The average Bonchev–Trinajstić information content (AvgIpc) is 2.63. The van der Waals surface area contributed by atoms with Crippen LogP contribution in [0.25, 0.3) is 0 Å². The van der Waals surface area contributed by atoms with Crippen LogP contribution in [0.15, 0.2) is 54.6 Å². The summed E-state index contributed by atoms with van der Waals surface area (Å²) in [5, 5.41) is 4.84. The lowest BCUT2D eigenvalue weighted by Crippen LogP contribution is -3.09. The Morgan fingerprint density at radius 3 is 2.12 bits per heavy atom. The smallest absolute Gasteiger partial charge is 0.321 e. The van der Waals surface area contributed by atoms with Gasteiger partial charge in [0.1, 0.15) is 6.54 Å². The molecule has 0 heterocycles. The Kier molecular flexibility index (Phi) is 6.92. The molecule has 26 heavy (non-hydrogen) atoms. The second-order valence-corrected chi connectivity index (χ2v) is 6.83. The minimum Gasteiger partial charge on any atom is -0.341 e.